The molecule has 0 aliphatic heterocycles. The number of hydrogen-bond donors (Lipinski definition) is 2. The standard InChI is InChI=1S/C14H9ClF3N3.BrH/c15-10-5-7(1-3-9(10)14(16,17)18)8-2-4-11-12(6-8)21-13(19)20-11;/h1-6H,(H3,19,20,21);1H. The van der Waals surface area contributed by atoms with Gasteiger partial charge in [-0.1, -0.05) is 23.7 Å². The fraction of sp³-hybridized carbons (Fsp3) is 0.0714. The van der Waals surface area contributed by atoms with Crippen LogP contribution in [0.15, 0.2) is 36.4 Å². The molecule has 0 fully saturated rings. The second kappa shape index (κ2) is 5.81. The largest absolute Gasteiger partial charge is 0.417 e. The fourth-order valence-electron chi connectivity index (χ4n) is 2.13. The van der Waals surface area contributed by atoms with Gasteiger partial charge >= 0.3 is 6.18 Å². The summed E-state index contributed by atoms with van der Waals surface area (Å²) in [5.41, 5.74) is 7.42. The van der Waals surface area contributed by atoms with Gasteiger partial charge in [-0.15, -0.1) is 17.0 Å². The molecule has 1 heterocycles. The predicted molar refractivity (Wildman–Crippen MR) is 86.3 cm³/mol. The van der Waals surface area contributed by atoms with Gasteiger partial charge in [-0.05, 0) is 35.4 Å². The quantitative estimate of drug-likeness (QED) is 0.608. The van der Waals surface area contributed by atoms with Crippen molar-refractivity contribution in [3.63, 3.8) is 0 Å². The number of benzene rings is 2. The second-order valence-electron chi connectivity index (χ2n) is 4.55. The van der Waals surface area contributed by atoms with E-state index < -0.39 is 11.7 Å². The Morgan fingerprint density at radius 2 is 1.68 bits per heavy atom. The molecule has 0 radical (unpaired) electrons. The van der Waals surface area contributed by atoms with Crippen LogP contribution in [0.3, 0.4) is 0 Å². The van der Waals surface area contributed by atoms with Gasteiger partial charge in [0, 0.05) is 0 Å². The lowest BCUT2D eigenvalue weighted by Crippen LogP contribution is -2.05. The zero-order valence-electron chi connectivity index (χ0n) is 10.9. The zero-order chi connectivity index (χ0) is 15.2. The summed E-state index contributed by atoms with van der Waals surface area (Å²) in [6.07, 6.45) is -4.46. The molecule has 22 heavy (non-hydrogen) atoms. The van der Waals surface area contributed by atoms with E-state index in [0.717, 1.165) is 11.6 Å². The maximum Gasteiger partial charge on any atom is 0.417 e. The molecule has 0 unspecified atom stereocenters. The summed E-state index contributed by atoms with van der Waals surface area (Å²) in [4.78, 5) is 6.93. The zero-order valence-corrected chi connectivity index (χ0v) is 13.4. The van der Waals surface area contributed by atoms with Gasteiger partial charge in [-0.2, -0.15) is 13.2 Å². The average Bonchev–Trinajstić information content (AvgIpc) is 2.76. The van der Waals surface area contributed by atoms with Crippen molar-refractivity contribution in [2.24, 2.45) is 0 Å². The maximum atomic E-state index is 12.7. The first-order valence-electron chi connectivity index (χ1n) is 5.97. The summed E-state index contributed by atoms with van der Waals surface area (Å²) in [6.45, 7) is 0. The minimum atomic E-state index is -4.46. The van der Waals surface area contributed by atoms with E-state index in [1.54, 1.807) is 18.2 Å². The third-order valence-corrected chi connectivity index (χ3v) is 3.42. The number of nitrogens with two attached hydrogens (primary N) is 1. The average molecular weight is 393 g/mol. The Balaban J connectivity index is 0.00000176. The Bertz CT molecular complexity index is 830. The summed E-state index contributed by atoms with van der Waals surface area (Å²) in [7, 11) is 0. The number of hydrogen-bond acceptors (Lipinski definition) is 2. The third-order valence-electron chi connectivity index (χ3n) is 3.11. The van der Waals surface area contributed by atoms with E-state index in [0.29, 0.717) is 16.6 Å². The number of rotatable bonds is 1. The normalized spacial score (nSPS) is 11.5. The third kappa shape index (κ3) is 3.05. The van der Waals surface area contributed by atoms with Gasteiger partial charge in [0.25, 0.3) is 0 Å². The summed E-state index contributed by atoms with van der Waals surface area (Å²) in [6, 6.07) is 8.91. The first-order valence-corrected chi connectivity index (χ1v) is 6.35. The highest BCUT2D eigenvalue weighted by Crippen LogP contribution is 2.37. The number of nitrogens with one attached hydrogen (secondary N) is 1. The molecule has 0 aliphatic rings. The molecule has 116 valence electrons. The number of aromatic amines is 1. The molecular formula is C14H10BrClF3N3. The number of anilines is 1. The van der Waals surface area contributed by atoms with Crippen LogP contribution in [-0.4, -0.2) is 9.97 Å². The lowest BCUT2D eigenvalue weighted by molar-refractivity contribution is -0.137. The van der Waals surface area contributed by atoms with Crippen LogP contribution in [0.4, 0.5) is 19.1 Å². The summed E-state index contributed by atoms with van der Waals surface area (Å²) in [5.74, 6) is 0.285. The van der Waals surface area contributed by atoms with Crippen molar-refractivity contribution in [3.05, 3.63) is 47.0 Å². The number of nitrogens with zero attached hydrogens (tertiary/aromatic N) is 1. The van der Waals surface area contributed by atoms with Crippen molar-refractivity contribution in [2.45, 2.75) is 6.18 Å². The molecular weight excluding hydrogens is 383 g/mol. The van der Waals surface area contributed by atoms with Gasteiger partial charge in [0.2, 0.25) is 0 Å². The molecule has 0 spiro atoms. The van der Waals surface area contributed by atoms with E-state index in [1.165, 1.54) is 12.1 Å². The van der Waals surface area contributed by atoms with E-state index >= 15 is 0 Å². The number of halogens is 5. The lowest BCUT2D eigenvalue weighted by atomic mass is 10.0. The number of aromatic nitrogens is 2. The highest BCUT2D eigenvalue weighted by molar-refractivity contribution is 8.93. The molecule has 3 nitrogen and oxygen atoms in total. The minimum absolute atomic E-state index is 0. The van der Waals surface area contributed by atoms with Crippen LogP contribution in [0, 0.1) is 0 Å². The summed E-state index contributed by atoms with van der Waals surface area (Å²) in [5, 5.41) is -0.329. The molecule has 0 aliphatic carbocycles. The summed E-state index contributed by atoms with van der Waals surface area (Å²) >= 11 is 5.73. The smallest absolute Gasteiger partial charge is 0.369 e. The number of alkyl halides is 3. The molecule has 2 aromatic carbocycles. The highest BCUT2D eigenvalue weighted by atomic mass is 79.9. The second-order valence-corrected chi connectivity index (χ2v) is 4.95. The number of fused-ring (bicyclic) bond motifs is 1. The lowest BCUT2D eigenvalue weighted by Gasteiger charge is -2.10. The van der Waals surface area contributed by atoms with Crippen LogP contribution in [0.1, 0.15) is 5.56 Å². The first-order chi connectivity index (χ1) is 9.84. The highest BCUT2D eigenvalue weighted by Gasteiger charge is 2.33. The first kappa shape index (κ1) is 16.6. The van der Waals surface area contributed by atoms with Crippen molar-refractivity contribution < 1.29 is 13.2 Å². The monoisotopic (exact) mass is 391 g/mol. The van der Waals surface area contributed by atoms with Crippen LogP contribution in [0.2, 0.25) is 5.02 Å². The van der Waals surface area contributed by atoms with Gasteiger partial charge in [-0.25, -0.2) is 4.98 Å². The molecule has 0 bridgehead atoms. The molecule has 3 aromatic rings. The van der Waals surface area contributed by atoms with Crippen LogP contribution in [0.5, 0.6) is 0 Å². The molecule has 8 heteroatoms. The van der Waals surface area contributed by atoms with Crippen LogP contribution in [0.25, 0.3) is 22.2 Å². The van der Waals surface area contributed by atoms with E-state index in [4.69, 9.17) is 17.3 Å². The fourth-order valence-corrected chi connectivity index (χ4v) is 2.42. The van der Waals surface area contributed by atoms with Gasteiger partial charge < -0.3 is 10.7 Å². The van der Waals surface area contributed by atoms with Crippen LogP contribution in [-0.2, 0) is 6.18 Å². The topological polar surface area (TPSA) is 54.7 Å². The Morgan fingerprint density at radius 3 is 2.32 bits per heavy atom. The number of H-pyrrole nitrogens is 1. The molecule has 0 saturated heterocycles. The van der Waals surface area contributed by atoms with Gasteiger partial charge in [-0.3, -0.25) is 0 Å². The number of nitrogen functional groups attached to an aromatic ring is 1. The molecule has 3 N–H and O–H groups in total. The van der Waals surface area contributed by atoms with Crippen molar-refractivity contribution in [2.75, 3.05) is 5.73 Å². The van der Waals surface area contributed by atoms with Crippen LogP contribution < -0.4 is 5.73 Å². The Hall–Kier alpha value is -1.73. The molecule has 1 aromatic heterocycles. The molecule has 0 atom stereocenters. The van der Waals surface area contributed by atoms with Gasteiger partial charge in [0.05, 0.1) is 21.6 Å². The molecule has 0 saturated carbocycles. The van der Waals surface area contributed by atoms with Crippen LogP contribution >= 0.6 is 28.6 Å². The predicted octanol–water partition coefficient (Wildman–Crippen LogP) is 5.06. The van der Waals surface area contributed by atoms with Gasteiger partial charge in [0.15, 0.2) is 5.95 Å². The van der Waals surface area contributed by atoms with Gasteiger partial charge in [0.1, 0.15) is 0 Å². The molecule has 3 rings (SSSR count). The SMILES string of the molecule is Br.Nc1nc2ccc(-c3ccc(C(F)(F)F)c(Cl)c3)cc2[nH]1. The minimum Gasteiger partial charge on any atom is -0.369 e. The Morgan fingerprint density at radius 1 is 1.05 bits per heavy atom. The number of imidazole rings is 1. The summed E-state index contributed by atoms with van der Waals surface area (Å²) < 4.78 is 38.0. The molecule has 0 amide bonds. The maximum absolute atomic E-state index is 12.7. The Labute approximate surface area is 139 Å². The van der Waals surface area contributed by atoms with E-state index in [2.05, 4.69) is 9.97 Å². The van der Waals surface area contributed by atoms with E-state index in [9.17, 15) is 13.2 Å². The van der Waals surface area contributed by atoms with Crippen molar-refractivity contribution in [3.8, 4) is 11.1 Å². The van der Waals surface area contributed by atoms with E-state index in [-0.39, 0.29) is 28.0 Å². The van der Waals surface area contributed by atoms with Crippen molar-refractivity contribution in [1.29, 1.82) is 0 Å². The van der Waals surface area contributed by atoms with Crippen molar-refractivity contribution in [1.82, 2.24) is 9.97 Å². The Kier molecular flexibility index (Phi) is 4.39. The van der Waals surface area contributed by atoms with Crippen molar-refractivity contribution >= 4 is 45.6 Å². The van der Waals surface area contributed by atoms with E-state index in [1.807, 2.05) is 0 Å².